The van der Waals surface area contributed by atoms with Crippen LogP contribution in [0.1, 0.15) is 57.8 Å². The maximum atomic E-state index is 12.4. The van der Waals surface area contributed by atoms with Crippen molar-refractivity contribution >= 4 is 16.0 Å². The maximum absolute atomic E-state index is 12.4. The predicted molar refractivity (Wildman–Crippen MR) is 77.0 cm³/mol. The van der Waals surface area contributed by atoms with Gasteiger partial charge in [-0.1, -0.05) is 32.1 Å². The minimum Gasteiger partial charge on any atom is -0.480 e. The number of aliphatic carboxylic acids is 1. The van der Waals surface area contributed by atoms with Crippen molar-refractivity contribution in [3.63, 3.8) is 0 Å². The van der Waals surface area contributed by atoms with Crippen LogP contribution in [-0.2, 0) is 14.8 Å². The molecule has 0 bridgehead atoms. The highest BCUT2D eigenvalue weighted by Crippen LogP contribution is 2.28. The predicted octanol–water partition coefficient (Wildman–Crippen LogP) is 2.23. The molecule has 2 aliphatic rings. The number of rotatable bonds is 5. The van der Waals surface area contributed by atoms with E-state index in [0.29, 0.717) is 25.3 Å². The third kappa shape index (κ3) is 3.95. The average molecular weight is 303 g/mol. The highest BCUT2D eigenvalue weighted by molar-refractivity contribution is 7.89. The summed E-state index contributed by atoms with van der Waals surface area (Å²) in [7, 11) is -3.42. The average Bonchev–Trinajstić information content (AvgIpc) is 2.46. The molecule has 116 valence electrons. The highest BCUT2D eigenvalue weighted by atomic mass is 32.2. The van der Waals surface area contributed by atoms with E-state index in [9.17, 15) is 18.3 Å². The summed E-state index contributed by atoms with van der Waals surface area (Å²) in [5.41, 5.74) is 0. The molecule has 1 aliphatic carbocycles. The Labute approximate surface area is 121 Å². The molecule has 5 nitrogen and oxygen atoms in total. The maximum Gasteiger partial charge on any atom is 0.322 e. The first-order chi connectivity index (χ1) is 9.50. The second-order valence-corrected chi connectivity index (χ2v) is 8.11. The zero-order valence-electron chi connectivity index (χ0n) is 12.0. The second kappa shape index (κ2) is 6.89. The SMILES string of the molecule is O=C(O)[C@@H]1CCCCN1S(=O)(=O)CCC1CCCCC1. The zero-order valence-corrected chi connectivity index (χ0v) is 12.8. The summed E-state index contributed by atoms with van der Waals surface area (Å²) < 4.78 is 26.0. The normalized spacial score (nSPS) is 26.5. The van der Waals surface area contributed by atoms with Crippen molar-refractivity contribution in [2.75, 3.05) is 12.3 Å². The molecule has 0 aromatic carbocycles. The lowest BCUT2D eigenvalue weighted by atomic mass is 9.88. The molecule has 2 fully saturated rings. The van der Waals surface area contributed by atoms with Crippen LogP contribution in [0.3, 0.4) is 0 Å². The smallest absolute Gasteiger partial charge is 0.322 e. The Morgan fingerprint density at radius 3 is 2.35 bits per heavy atom. The fourth-order valence-electron chi connectivity index (χ4n) is 3.39. The van der Waals surface area contributed by atoms with Crippen molar-refractivity contribution in [1.29, 1.82) is 0 Å². The van der Waals surface area contributed by atoms with Gasteiger partial charge in [-0.05, 0) is 31.6 Å². The first kappa shape index (κ1) is 15.8. The summed E-state index contributed by atoms with van der Waals surface area (Å²) >= 11 is 0. The number of hydrogen-bond acceptors (Lipinski definition) is 3. The number of carboxylic acids is 1. The van der Waals surface area contributed by atoms with E-state index < -0.39 is 22.0 Å². The van der Waals surface area contributed by atoms with Crippen LogP contribution < -0.4 is 0 Å². The quantitative estimate of drug-likeness (QED) is 0.845. The summed E-state index contributed by atoms with van der Waals surface area (Å²) in [6.45, 7) is 0.365. The molecule has 1 atom stereocenters. The molecule has 0 unspecified atom stereocenters. The number of piperidine rings is 1. The van der Waals surface area contributed by atoms with Crippen LogP contribution in [-0.4, -0.2) is 42.1 Å². The van der Waals surface area contributed by atoms with E-state index in [1.807, 2.05) is 0 Å². The summed E-state index contributed by atoms with van der Waals surface area (Å²) in [6, 6.07) is -0.847. The molecule has 1 saturated heterocycles. The first-order valence-corrected chi connectivity index (χ1v) is 9.34. The van der Waals surface area contributed by atoms with Gasteiger partial charge >= 0.3 is 5.97 Å². The Bertz CT molecular complexity index is 428. The number of hydrogen-bond donors (Lipinski definition) is 1. The minimum atomic E-state index is -3.42. The molecular formula is C14H25NO4S. The van der Waals surface area contributed by atoms with Gasteiger partial charge in [-0.15, -0.1) is 0 Å². The van der Waals surface area contributed by atoms with Crippen molar-refractivity contribution < 1.29 is 18.3 Å². The second-order valence-electron chi connectivity index (χ2n) is 6.07. The lowest BCUT2D eigenvalue weighted by Gasteiger charge is -2.32. The van der Waals surface area contributed by atoms with Crippen LogP contribution in [0.25, 0.3) is 0 Å². The molecule has 20 heavy (non-hydrogen) atoms. The Hall–Kier alpha value is -0.620. The fraction of sp³-hybridized carbons (Fsp3) is 0.929. The van der Waals surface area contributed by atoms with Crippen LogP contribution in [0.5, 0.6) is 0 Å². The van der Waals surface area contributed by atoms with E-state index in [1.165, 1.54) is 23.6 Å². The largest absolute Gasteiger partial charge is 0.480 e. The van der Waals surface area contributed by atoms with E-state index in [1.54, 1.807) is 0 Å². The number of carboxylic acid groups (broad SMARTS) is 1. The molecule has 0 amide bonds. The van der Waals surface area contributed by atoms with Crippen LogP contribution in [0.15, 0.2) is 0 Å². The standard InChI is InChI=1S/C14H25NO4S/c16-14(17)13-8-4-5-10-15(13)20(18,19)11-9-12-6-2-1-3-7-12/h12-13H,1-11H2,(H,16,17)/t13-/m0/s1. The molecule has 0 radical (unpaired) electrons. The first-order valence-electron chi connectivity index (χ1n) is 7.73. The van der Waals surface area contributed by atoms with Gasteiger partial charge in [0, 0.05) is 6.54 Å². The number of carbonyl (C=O) groups is 1. The highest BCUT2D eigenvalue weighted by Gasteiger charge is 2.36. The van der Waals surface area contributed by atoms with E-state index in [0.717, 1.165) is 25.7 Å². The van der Waals surface area contributed by atoms with E-state index in [-0.39, 0.29) is 5.75 Å². The molecule has 6 heteroatoms. The van der Waals surface area contributed by atoms with Gasteiger partial charge in [0.15, 0.2) is 0 Å². The van der Waals surface area contributed by atoms with Gasteiger partial charge in [-0.2, -0.15) is 4.31 Å². The lowest BCUT2D eigenvalue weighted by Crippen LogP contribution is -2.48. The van der Waals surface area contributed by atoms with Gasteiger partial charge in [0.2, 0.25) is 10.0 Å². The van der Waals surface area contributed by atoms with Crippen molar-refractivity contribution in [2.24, 2.45) is 5.92 Å². The Kier molecular flexibility index (Phi) is 5.43. The van der Waals surface area contributed by atoms with Crippen LogP contribution >= 0.6 is 0 Å². The molecule has 2 rings (SSSR count). The van der Waals surface area contributed by atoms with Crippen LogP contribution in [0.2, 0.25) is 0 Å². The van der Waals surface area contributed by atoms with Crippen LogP contribution in [0.4, 0.5) is 0 Å². The Balaban J connectivity index is 1.95. The zero-order chi connectivity index (χ0) is 14.6. The van der Waals surface area contributed by atoms with Gasteiger partial charge in [-0.25, -0.2) is 8.42 Å². The molecule has 1 aliphatic heterocycles. The summed E-state index contributed by atoms with van der Waals surface area (Å²) in [5, 5.41) is 9.18. The van der Waals surface area contributed by atoms with E-state index in [2.05, 4.69) is 0 Å². The lowest BCUT2D eigenvalue weighted by molar-refractivity contribution is -0.142. The molecule has 0 spiro atoms. The van der Waals surface area contributed by atoms with Gasteiger partial charge < -0.3 is 5.11 Å². The molecule has 0 aromatic rings. The van der Waals surface area contributed by atoms with Gasteiger partial charge in [0.1, 0.15) is 6.04 Å². The summed E-state index contributed by atoms with van der Waals surface area (Å²) in [4.78, 5) is 11.2. The van der Waals surface area contributed by atoms with Crippen molar-refractivity contribution in [3.8, 4) is 0 Å². The van der Waals surface area contributed by atoms with Crippen molar-refractivity contribution in [1.82, 2.24) is 4.31 Å². The molecule has 1 saturated carbocycles. The summed E-state index contributed by atoms with van der Waals surface area (Å²) in [6.07, 6.45) is 8.60. The topological polar surface area (TPSA) is 74.7 Å². The number of sulfonamides is 1. The number of nitrogens with zero attached hydrogens (tertiary/aromatic N) is 1. The van der Waals surface area contributed by atoms with E-state index >= 15 is 0 Å². The third-order valence-electron chi connectivity index (χ3n) is 4.60. The molecule has 1 N–H and O–H groups in total. The van der Waals surface area contributed by atoms with Crippen molar-refractivity contribution in [2.45, 2.75) is 63.8 Å². The molecule has 0 aromatic heterocycles. The molecular weight excluding hydrogens is 278 g/mol. The van der Waals surface area contributed by atoms with Gasteiger partial charge in [0.25, 0.3) is 0 Å². The minimum absolute atomic E-state index is 0.113. The van der Waals surface area contributed by atoms with Gasteiger partial charge in [0.05, 0.1) is 5.75 Å². The monoisotopic (exact) mass is 303 g/mol. The fourth-order valence-corrected chi connectivity index (χ4v) is 5.25. The van der Waals surface area contributed by atoms with Crippen molar-refractivity contribution in [3.05, 3.63) is 0 Å². The van der Waals surface area contributed by atoms with Gasteiger partial charge in [-0.3, -0.25) is 4.79 Å². The molecule has 1 heterocycles. The third-order valence-corrected chi connectivity index (χ3v) is 6.51. The summed E-state index contributed by atoms with van der Waals surface area (Å²) in [5.74, 6) is -0.390. The van der Waals surface area contributed by atoms with E-state index in [4.69, 9.17) is 0 Å². The Morgan fingerprint density at radius 1 is 1.05 bits per heavy atom. The Morgan fingerprint density at radius 2 is 1.70 bits per heavy atom. The van der Waals surface area contributed by atoms with Crippen LogP contribution in [0, 0.1) is 5.92 Å².